The molecule has 0 aliphatic rings. The molecule has 3 aromatic carbocycles. The van der Waals surface area contributed by atoms with Crippen LogP contribution >= 0.6 is 0 Å². The number of para-hydroxylation sites is 1. The first-order valence-corrected chi connectivity index (χ1v) is 12.7. The summed E-state index contributed by atoms with van der Waals surface area (Å²) < 4.78 is 31.3. The summed E-state index contributed by atoms with van der Waals surface area (Å²) in [5.74, 6) is -0.904. The van der Waals surface area contributed by atoms with E-state index in [4.69, 9.17) is 4.74 Å². The van der Waals surface area contributed by atoms with Crippen molar-refractivity contribution < 1.29 is 22.7 Å². The highest BCUT2D eigenvalue weighted by Gasteiger charge is 2.19. The molecule has 178 valence electrons. The summed E-state index contributed by atoms with van der Waals surface area (Å²) >= 11 is 0. The minimum Gasteiger partial charge on any atom is -0.462 e. The van der Waals surface area contributed by atoms with Crippen molar-refractivity contribution in [3.8, 4) is 0 Å². The third kappa shape index (κ3) is 6.02. The van der Waals surface area contributed by atoms with Crippen molar-refractivity contribution >= 4 is 33.3 Å². The first-order chi connectivity index (χ1) is 16.1. The topological polar surface area (TPSA) is 92.8 Å². The second-order valence-electron chi connectivity index (χ2n) is 7.96. The molecule has 0 radical (unpaired) electrons. The molecule has 1 N–H and O–H groups in total. The van der Waals surface area contributed by atoms with Gasteiger partial charge in [-0.3, -0.25) is 9.10 Å². The zero-order valence-corrected chi connectivity index (χ0v) is 20.5. The van der Waals surface area contributed by atoms with Crippen molar-refractivity contribution in [3.05, 3.63) is 94.5 Å². The summed E-state index contributed by atoms with van der Waals surface area (Å²) in [6, 6.07) is 18.8. The van der Waals surface area contributed by atoms with Gasteiger partial charge in [0.1, 0.15) is 0 Å². The number of aryl methyl sites for hydroxylation is 2. The fourth-order valence-corrected chi connectivity index (χ4v) is 4.26. The first-order valence-electron chi connectivity index (χ1n) is 10.8. The molecular weight excluding hydrogens is 452 g/mol. The number of carbonyl (C=O) groups excluding carboxylic acids is 2. The molecule has 0 aliphatic heterocycles. The van der Waals surface area contributed by atoms with Crippen LogP contribution in [0.4, 0.5) is 11.4 Å². The smallest absolute Gasteiger partial charge is 0.340 e. The van der Waals surface area contributed by atoms with Crippen molar-refractivity contribution in [3.63, 3.8) is 0 Å². The van der Waals surface area contributed by atoms with Gasteiger partial charge in [-0.2, -0.15) is 0 Å². The van der Waals surface area contributed by atoms with Crippen LogP contribution in [0.1, 0.15) is 44.3 Å². The molecule has 7 nitrogen and oxygen atoms in total. The number of carbonyl (C=O) groups is 2. The van der Waals surface area contributed by atoms with Crippen LogP contribution in [-0.2, 0) is 21.3 Å². The average molecular weight is 481 g/mol. The Balaban J connectivity index is 1.78. The van der Waals surface area contributed by atoms with E-state index in [9.17, 15) is 18.0 Å². The van der Waals surface area contributed by atoms with E-state index in [-0.39, 0.29) is 18.7 Å². The lowest BCUT2D eigenvalue weighted by atomic mass is 10.1. The lowest BCUT2D eigenvalue weighted by Crippen LogP contribution is -2.29. The monoisotopic (exact) mass is 480 g/mol. The lowest BCUT2D eigenvalue weighted by Gasteiger charge is -2.23. The zero-order valence-electron chi connectivity index (χ0n) is 19.7. The summed E-state index contributed by atoms with van der Waals surface area (Å²) in [5, 5.41) is 2.74. The Morgan fingerprint density at radius 2 is 1.62 bits per heavy atom. The summed E-state index contributed by atoms with van der Waals surface area (Å²) in [7, 11) is -3.52. The van der Waals surface area contributed by atoms with Gasteiger partial charge in [-0.05, 0) is 73.9 Å². The Kier molecular flexibility index (Phi) is 7.73. The number of hydrogen-bond acceptors (Lipinski definition) is 5. The number of sulfonamides is 1. The molecule has 0 spiro atoms. The maximum absolute atomic E-state index is 12.8. The van der Waals surface area contributed by atoms with Gasteiger partial charge >= 0.3 is 5.97 Å². The van der Waals surface area contributed by atoms with Crippen LogP contribution < -0.4 is 9.62 Å². The second kappa shape index (κ2) is 10.5. The van der Waals surface area contributed by atoms with Gasteiger partial charge in [0, 0.05) is 5.56 Å². The van der Waals surface area contributed by atoms with E-state index in [0.29, 0.717) is 16.9 Å². The Bertz CT molecular complexity index is 1300. The molecular formula is C26H28N2O5S. The quantitative estimate of drug-likeness (QED) is 0.472. The van der Waals surface area contributed by atoms with Gasteiger partial charge in [-0.1, -0.05) is 30.3 Å². The maximum Gasteiger partial charge on any atom is 0.340 e. The van der Waals surface area contributed by atoms with E-state index in [1.807, 2.05) is 26.0 Å². The van der Waals surface area contributed by atoms with Crippen molar-refractivity contribution in [2.75, 3.05) is 22.5 Å². The minimum atomic E-state index is -3.52. The Hall–Kier alpha value is -3.65. The number of benzene rings is 3. The summed E-state index contributed by atoms with van der Waals surface area (Å²) in [4.78, 5) is 24.9. The predicted octanol–water partition coefficient (Wildman–Crippen LogP) is 4.70. The number of esters is 1. The van der Waals surface area contributed by atoms with Gasteiger partial charge in [0.15, 0.2) is 0 Å². The Labute approximate surface area is 200 Å². The number of ether oxygens (including phenoxy) is 1. The highest BCUT2D eigenvalue weighted by Crippen LogP contribution is 2.24. The molecule has 34 heavy (non-hydrogen) atoms. The number of nitrogens with one attached hydrogen (secondary N) is 1. The van der Waals surface area contributed by atoms with E-state index in [1.54, 1.807) is 61.5 Å². The summed E-state index contributed by atoms with van der Waals surface area (Å²) in [6.45, 7) is 5.99. The van der Waals surface area contributed by atoms with Crippen molar-refractivity contribution in [1.29, 1.82) is 0 Å². The van der Waals surface area contributed by atoms with E-state index >= 15 is 0 Å². The summed E-state index contributed by atoms with van der Waals surface area (Å²) in [5.41, 5.74) is 4.40. The van der Waals surface area contributed by atoms with Crippen molar-refractivity contribution in [2.24, 2.45) is 0 Å². The molecule has 0 saturated carbocycles. The van der Waals surface area contributed by atoms with Gasteiger partial charge in [0.05, 0.1) is 36.3 Å². The van der Waals surface area contributed by atoms with Crippen molar-refractivity contribution in [2.45, 2.75) is 27.3 Å². The lowest BCUT2D eigenvalue weighted by molar-refractivity contribution is 0.0527. The molecule has 0 fully saturated rings. The largest absolute Gasteiger partial charge is 0.462 e. The SMILES string of the molecule is CCOC(=O)c1ccccc1NC(=O)c1ccc(CN(c2ccc(C)c(C)c2)S(C)(=O)=O)cc1. The van der Waals surface area contributed by atoms with Crippen LogP contribution in [0, 0.1) is 13.8 Å². The van der Waals surface area contributed by atoms with Gasteiger partial charge in [0.2, 0.25) is 10.0 Å². The zero-order chi connectivity index (χ0) is 24.9. The second-order valence-corrected chi connectivity index (χ2v) is 9.86. The molecule has 0 saturated heterocycles. The van der Waals surface area contributed by atoms with Crippen LogP contribution in [0.25, 0.3) is 0 Å². The van der Waals surface area contributed by atoms with Crippen LogP contribution in [0.5, 0.6) is 0 Å². The fraction of sp³-hybridized carbons (Fsp3) is 0.231. The summed E-state index contributed by atoms with van der Waals surface area (Å²) in [6.07, 6.45) is 1.17. The highest BCUT2D eigenvalue weighted by atomic mass is 32.2. The Morgan fingerprint density at radius 3 is 2.24 bits per heavy atom. The van der Waals surface area contributed by atoms with Crippen LogP contribution in [0.2, 0.25) is 0 Å². The number of amides is 1. The molecule has 0 heterocycles. The van der Waals surface area contributed by atoms with Gasteiger partial charge in [-0.15, -0.1) is 0 Å². The standard InChI is InChI=1S/C26H28N2O5S/c1-5-33-26(30)23-8-6-7-9-24(23)27-25(29)21-13-11-20(12-14-21)17-28(34(4,31)32)22-15-10-18(2)19(3)16-22/h6-16H,5,17H2,1-4H3,(H,27,29). The first kappa shape index (κ1) is 25.0. The normalized spacial score (nSPS) is 11.1. The molecule has 3 aromatic rings. The van der Waals surface area contributed by atoms with Gasteiger partial charge in [-0.25, -0.2) is 13.2 Å². The van der Waals surface area contributed by atoms with E-state index in [1.165, 1.54) is 10.6 Å². The van der Waals surface area contributed by atoms with Crippen LogP contribution in [0.3, 0.4) is 0 Å². The average Bonchev–Trinajstić information content (AvgIpc) is 2.79. The predicted molar refractivity (Wildman–Crippen MR) is 134 cm³/mol. The van der Waals surface area contributed by atoms with Crippen LogP contribution in [-0.4, -0.2) is 33.2 Å². The molecule has 3 rings (SSSR count). The number of hydrogen-bond donors (Lipinski definition) is 1. The molecule has 0 atom stereocenters. The third-order valence-corrected chi connectivity index (χ3v) is 6.53. The molecule has 0 unspecified atom stereocenters. The molecule has 0 aromatic heterocycles. The van der Waals surface area contributed by atoms with E-state index in [0.717, 1.165) is 16.7 Å². The molecule has 8 heteroatoms. The minimum absolute atomic E-state index is 0.134. The molecule has 0 bridgehead atoms. The third-order valence-electron chi connectivity index (χ3n) is 5.39. The number of anilines is 2. The number of rotatable bonds is 8. The molecule has 1 amide bonds. The van der Waals surface area contributed by atoms with E-state index < -0.39 is 21.9 Å². The Morgan fingerprint density at radius 1 is 0.941 bits per heavy atom. The van der Waals surface area contributed by atoms with Crippen molar-refractivity contribution in [1.82, 2.24) is 0 Å². The van der Waals surface area contributed by atoms with Gasteiger partial charge < -0.3 is 10.1 Å². The van der Waals surface area contributed by atoms with Crippen LogP contribution in [0.15, 0.2) is 66.7 Å². The van der Waals surface area contributed by atoms with E-state index in [2.05, 4.69) is 5.32 Å². The fourth-order valence-electron chi connectivity index (χ4n) is 3.38. The molecule has 0 aliphatic carbocycles. The number of nitrogens with zero attached hydrogens (tertiary/aromatic N) is 1. The van der Waals surface area contributed by atoms with Gasteiger partial charge in [0.25, 0.3) is 5.91 Å². The highest BCUT2D eigenvalue weighted by molar-refractivity contribution is 7.92. The maximum atomic E-state index is 12.8.